The van der Waals surface area contributed by atoms with E-state index in [4.69, 9.17) is 0 Å². The van der Waals surface area contributed by atoms with Gasteiger partial charge in [0, 0.05) is 0 Å². The molecule has 60 valence electrons. The van der Waals surface area contributed by atoms with E-state index in [1.54, 1.807) is 0 Å². The van der Waals surface area contributed by atoms with Crippen LogP contribution in [0.3, 0.4) is 0 Å². The fraction of sp³-hybridized carbons (Fsp3) is 0.500. The van der Waals surface area contributed by atoms with Gasteiger partial charge in [-0.1, -0.05) is 24.3 Å². The molecule has 0 atom stereocenters. The molecule has 0 unspecified atom stereocenters. The van der Waals surface area contributed by atoms with Gasteiger partial charge in [0.05, 0.1) is 0 Å². The van der Waals surface area contributed by atoms with E-state index >= 15 is 0 Å². The molecule has 0 heterocycles. The van der Waals surface area contributed by atoms with E-state index in [1.165, 1.54) is 43.6 Å². The first-order valence-electron chi connectivity index (χ1n) is 3.43. The van der Waals surface area contributed by atoms with Gasteiger partial charge < -0.3 is 0 Å². The van der Waals surface area contributed by atoms with E-state index in [0.717, 1.165) is 0 Å². The van der Waals surface area contributed by atoms with Gasteiger partial charge in [-0.15, -0.1) is 0 Å². The van der Waals surface area contributed by atoms with Gasteiger partial charge in [0.25, 0.3) is 0 Å². The molecule has 0 aromatic heterocycles. The molecule has 0 bridgehead atoms. The van der Waals surface area contributed by atoms with Crippen LogP contribution in [-0.4, -0.2) is 0 Å². The van der Waals surface area contributed by atoms with Gasteiger partial charge in [0.2, 0.25) is 0 Å². The number of hydrogen-bond acceptors (Lipinski definition) is 0. The summed E-state index contributed by atoms with van der Waals surface area (Å²) in [5.41, 5.74) is 0. The Morgan fingerprint density at radius 3 is 1.10 bits per heavy atom. The molecule has 0 aliphatic heterocycles. The van der Waals surface area contributed by atoms with Crippen LogP contribution in [0.25, 0.3) is 0 Å². The zero-order chi connectivity index (χ0) is 7.66. The summed E-state index contributed by atoms with van der Waals surface area (Å²) in [6.45, 7) is 0. The fourth-order valence-corrected chi connectivity index (χ4v) is 0.856. The van der Waals surface area contributed by atoms with Gasteiger partial charge in [-0.2, -0.15) is 0 Å². The van der Waals surface area contributed by atoms with E-state index in [9.17, 15) is 0 Å². The third-order valence-electron chi connectivity index (χ3n) is 1.33. The SMILES string of the molecule is C1=CCCC=CCC1.[Cl][Ir]. The van der Waals surface area contributed by atoms with Crippen molar-refractivity contribution >= 4 is 9.58 Å². The van der Waals surface area contributed by atoms with E-state index in [2.05, 4.69) is 33.9 Å². The van der Waals surface area contributed by atoms with Crippen molar-refractivity contribution < 1.29 is 17.9 Å². The first-order chi connectivity index (χ1) is 5.00. The van der Waals surface area contributed by atoms with Crippen LogP contribution in [0.5, 0.6) is 0 Å². The standard InChI is InChI=1S/C8H12.ClH.Ir/c1-2-4-6-8-7-5-3-1;;/h1-2,7-8H,3-6H2;1H;/q;;+1/p-1. The number of allylic oxidation sites excluding steroid dienone is 4. The molecule has 10 heavy (non-hydrogen) atoms. The van der Waals surface area contributed by atoms with E-state index in [1.807, 2.05) is 0 Å². The van der Waals surface area contributed by atoms with Crippen LogP contribution in [0.2, 0.25) is 0 Å². The molecule has 0 radical (unpaired) electrons. The van der Waals surface area contributed by atoms with Crippen LogP contribution in [0, 0.1) is 0 Å². The Morgan fingerprint density at radius 2 is 0.900 bits per heavy atom. The molecule has 0 spiro atoms. The normalized spacial score (nSPS) is 16.7. The Labute approximate surface area is 77.5 Å². The summed E-state index contributed by atoms with van der Waals surface area (Å²) < 4.78 is 0. The summed E-state index contributed by atoms with van der Waals surface area (Å²) in [5, 5.41) is 0. The van der Waals surface area contributed by atoms with Crippen LogP contribution < -0.4 is 0 Å². The molecule has 0 amide bonds. The Balaban J connectivity index is 0.000000371. The molecule has 2 heteroatoms. The average Bonchev–Trinajstić information content (AvgIpc) is 1.90. The molecular formula is C8H12ClIr. The van der Waals surface area contributed by atoms with Crippen molar-refractivity contribution in [1.82, 2.24) is 0 Å². The van der Waals surface area contributed by atoms with Crippen LogP contribution >= 0.6 is 9.58 Å². The van der Waals surface area contributed by atoms with E-state index < -0.39 is 0 Å². The predicted molar refractivity (Wildman–Crippen MR) is 42.6 cm³/mol. The monoisotopic (exact) mass is 336 g/mol. The Bertz CT molecular complexity index is 81.8. The van der Waals surface area contributed by atoms with Gasteiger partial charge in [0.15, 0.2) is 0 Å². The summed E-state index contributed by atoms with van der Waals surface area (Å²) in [5.74, 6) is 0. The average molecular weight is 336 g/mol. The van der Waals surface area contributed by atoms with Crippen LogP contribution in [-0.2, 0) is 17.9 Å². The fourth-order valence-electron chi connectivity index (χ4n) is 0.856. The van der Waals surface area contributed by atoms with Crippen LogP contribution in [0.1, 0.15) is 25.7 Å². The summed E-state index contributed by atoms with van der Waals surface area (Å²) >= 11 is 1.47. The van der Waals surface area contributed by atoms with Crippen molar-refractivity contribution in [2.75, 3.05) is 0 Å². The van der Waals surface area contributed by atoms with Crippen molar-refractivity contribution in [3.63, 3.8) is 0 Å². The third-order valence-corrected chi connectivity index (χ3v) is 1.33. The molecule has 0 N–H and O–H groups in total. The van der Waals surface area contributed by atoms with Gasteiger partial charge in [0.1, 0.15) is 0 Å². The Morgan fingerprint density at radius 1 is 0.700 bits per heavy atom. The zero-order valence-electron chi connectivity index (χ0n) is 5.85. The topological polar surface area (TPSA) is 0 Å². The van der Waals surface area contributed by atoms with Gasteiger partial charge in [-0.3, -0.25) is 0 Å². The molecule has 0 fully saturated rings. The zero-order valence-corrected chi connectivity index (χ0v) is 9.00. The maximum atomic E-state index is 4.64. The maximum absolute atomic E-state index is 4.64. The van der Waals surface area contributed by atoms with Crippen molar-refractivity contribution in [2.24, 2.45) is 0 Å². The first-order valence-corrected chi connectivity index (χ1v) is 6.39. The molecule has 1 rings (SSSR count). The quantitative estimate of drug-likeness (QED) is 0.595. The molecule has 0 aromatic rings. The molecule has 0 saturated carbocycles. The Hall–Kier alpha value is 0.419. The molecule has 0 nitrogen and oxygen atoms in total. The van der Waals surface area contributed by atoms with Crippen molar-refractivity contribution in [3.05, 3.63) is 24.3 Å². The predicted octanol–water partition coefficient (Wildman–Crippen LogP) is 3.36. The number of rotatable bonds is 0. The second kappa shape index (κ2) is 9.42. The van der Waals surface area contributed by atoms with Gasteiger partial charge in [-0.05, 0) is 25.7 Å². The first kappa shape index (κ1) is 10.4. The Kier molecular flexibility index (Phi) is 9.81. The molecule has 0 saturated heterocycles. The molecular weight excluding hydrogens is 324 g/mol. The number of hydrogen-bond donors (Lipinski definition) is 0. The molecule has 1 aliphatic carbocycles. The van der Waals surface area contributed by atoms with Gasteiger partial charge in [-0.25, -0.2) is 0 Å². The molecule has 0 aromatic carbocycles. The minimum absolute atomic E-state index is 1.23. The van der Waals surface area contributed by atoms with Crippen molar-refractivity contribution in [3.8, 4) is 0 Å². The van der Waals surface area contributed by atoms with E-state index in [0.29, 0.717) is 0 Å². The second-order valence-corrected chi connectivity index (χ2v) is 2.10. The van der Waals surface area contributed by atoms with Crippen molar-refractivity contribution in [1.29, 1.82) is 0 Å². The summed E-state index contributed by atoms with van der Waals surface area (Å²) in [6.07, 6.45) is 14.0. The molecule has 1 aliphatic rings. The van der Waals surface area contributed by atoms with Crippen LogP contribution in [0.15, 0.2) is 24.3 Å². The number of halogens is 1. The van der Waals surface area contributed by atoms with Crippen molar-refractivity contribution in [2.45, 2.75) is 25.7 Å². The summed E-state index contributed by atoms with van der Waals surface area (Å²) in [6, 6.07) is 0. The van der Waals surface area contributed by atoms with Gasteiger partial charge >= 0.3 is 27.5 Å². The third kappa shape index (κ3) is 6.54. The van der Waals surface area contributed by atoms with Crippen LogP contribution in [0.4, 0.5) is 0 Å². The summed E-state index contributed by atoms with van der Waals surface area (Å²) in [4.78, 5) is 0. The summed E-state index contributed by atoms with van der Waals surface area (Å²) in [7, 11) is 4.64. The minimum atomic E-state index is 1.23. The second-order valence-electron chi connectivity index (χ2n) is 2.10. The van der Waals surface area contributed by atoms with E-state index in [-0.39, 0.29) is 0 Å².